The highest BCUT2D eigenvalue weighted by atomic mass is 35.5. The van der Waals surface area contributed by atoms with Gasteiger partial charge >= 0.3 is 0 Å². The van der Waals surface area contributed by atoms with E-state index in [9.17, 15) is 9.18 Å². The van der Waals surface area contributed by atoms with Gasteiger partial charge < -0.3 is 15.8 Å². The van der Waals surface area contributed by atoms with Crippen LogP contribution >= 0.6 is 11.6 Å². The molecule has 3 atom stereocenters. The molecule has 2 aromatic carbocycles. The fourth-order valence-corrected chi connectivity index (χ4v) is 5.47. The van der Waals surface area contributed by atoms with Crippen LogP contribution < -0.4 is 15.8 Å². The predicted molar refractivity (Wildman–Crippen MR) is 128 cm³/mol. The molecule has 6 nitrogen and oxygen atoms in total. The number of benzene rings is 2. The number of hydrogen-bond acceptors (Lipinski definition) is 5. The lowest BCUT2D eigenvalue weighted by Gasteiger charge is -2.41. The van der Waals surface area contributed by atoms with E-state index in [1.54, 1.807) is 36.5 Å². The van der Waals surface area contributed by atoms with E-state index in [1.807, 2.05) is 6.92 Å². The van der Waals surface area contributed by atoms with E-state index in [0.29, 0.717) is 33.0 Å². The van der Waals surface area contributed by atoms with Crippen molar-refractivity contribution in [3.05, 3.63) is 59.5 Å². The van der Waals surface area contributed by atoms with Crippen LogP contribution in [0.25, 0.3) is 10.9 Å². The molecule has 2 saturated heterocycles. The van der Waals surface area contributed by atoms with Crippen LogP contribution in [0.5, 0.6) is 5.75 Å². The van der Waals surface area contributed by atoms with Gasteiger partial charge in [-0.15, -0.1) is 0 Å². The zero-order valence-electron chi connectivity index (χ0n) is 18.3. The second-order valence-corrected chi connectivity index (χ2v) is 9.35. The van der Waals surface area contributed by atoms with Crippen LogP contribution in [0.2, 0.25) is 5.02 Å². The van der Waals surface area contributed by atoms with E-state index >= 15 is 0 Å². The van der Waals surface area contributed by atoms with Crippen molar-refractivity contribution in [3.63, 3.8) is 0 Å². The van der Waals surface area contributed by atoms with Gasteiger partial charge in [0.05, 0.1) is 22.9 Å². The molecule has 2 aliphatic heterocycles. The van der Waals surface area contributed by atoms with Crippen LogP contribution in [0.15, 0.2) is 48.7 Å². The molecular formula is C25H26ClFN4O2. The lowest BCUT2D eigenvalue weighted by molar-refractivity contribution is -0.123. The fraction of sp³-hybridized carbons (Fsp3) is 0.360. The first-order valence-corrected chi connectivity index (χ1v) is 11.6. The van der Waals surface area contributed by atoms with Crippen molar-refractivity contribution in [1.82, 2.24) is 9.88 Å². The maximum Gasteiger partial charge on any atom is 0.241 e. The van der Waals surface area contributed by atoms with Crippen molar-refractivity contribution in [1.29, 1.82) is 0 Å². The number of amides is 1. The standard InChI is InChI=1S/C25H26ClFN4O2/c1-14(25(32)30-23-6-2-15(26)10-21(23)28)31-17-4-5-18(31)13-19(12-17)33-24-8-9-29-22-7-3-16(27)11-20(22)24/h2-3,6-11,14,17-19H,4-5,12-13,28H2,1H3,(H,30,32). The smallest absolute Gasteiger partial charge is 0.241 e. The number of anilines is 2. The number of rotatable bonds is 5. The molecule has 5 rings (SSSR count). The summed E-state index contributed by atoms with van der Waals surface area (Å²) in [6, 6.07) is 11.6. The zero-order valence-corrected chi connectivity index (χ0v) is 19.1. The lowest BCUT2D eigenvalue weighted by atomic mass is 9.97. The Balaban J connectivity index is 1.28. The van der Waals surface area contributed by atoms with E-state index in [2.05, 4.69) is 15.2 Å². The molecule has 0 saturated carbocycles. The minimum atomic E-state index is -0.309. The van der Waals surface area contributed by atoms with Crippen molar-refractivity contribution in [2.75, 3.05) is 11.1 Å². The number of halogens is 2. The Morgan fingerprint density at radius 2 is 1.97 bits per heavy atom. The molecule has 3 heterocycles. The van der Waals surface area contributed by atoms with Crippen molar-refractivity contribution >= 4 is 39.8 Å². The van der Waals surface area contributed by atoms with Gasteiger partial charge in [-0.05, 0) is 75.1 Å². The quantitative estimate of drug-likeness (QED) is 0.514. The molecule has 0 aliphatic carbocycles. The third-order valence-electron chi connectivity index (χ3n) is 6.80. The fourth-order valence-electron chi connectivity index (χ4n) is 5.29. The first-order chi connectivity index (χ1) is 15.9. The summed E-state index contributed by atoms with van der Waals surface area (Å²) in [5, 5.41) is 4.15. The predicted octanol–water partition coefficient (Wildman–Crippen LogP) is 5.01. The van der Waals surface area contributed by atoms with Crippen molar-refractivity contribution < 1.29 is 13.9 Å². The van der Waals surface area contributed by atoms with Crippen LogP contribution in [-0.2, 0) is 4.79 Å². The van der Waals surface area contributed by atoms with Crippen molar-refractivity contribution in [2.24, 2.45) is 0 Å². The molecular weight excluding hydrogens is 443 g/mol. The van der Waals surface area contributed by atoms with Crippen molar-refractivity contribution in [2.45, 2.75) is 56.8 Å². The van der Waals surface area contributed by atoms with Gasteiger partial charge in [0, 0.05) is 28.7 Å². The van der Waals surface area contributed by atoms with Crippen LogP contribution in [0, 0.1) is 5.82 Å². The SMILES string of the molecule is CC(C(=O)Nc1ccc(Cl)cc1N)N1C2CCC1CC(Oc1ccnc3ccc(F)cc13)C2. The number of ether oxygens (including phenoxy) is 1. The molecule has 3 unspecified atom stereocenters. The first kappa shape index (κ1) is 21.9. The van der Waals surface area contributed by atoms with Crippen LogP contribution in [0.3, 0.4) is 0 Å². The van der Waals surface area contributed by atoms with Gasteiger partial charge in [0.2, 0.25) is 5.91 Å². The van der Waals surface area contributed by atoms with E-state index in [4.69, 9.17) is 22.1 Å². The van der Waals surface area contributed by atoms with Gasteiger partial charge in [-0.1, -0.05) is 11.6 Å². The molecule has 0 radical (unpaired) electrons. The van der Waals surface area contributed by atoms with Crippen molar-refractivity contribution in [3.8, 4) is 5.75 Å². The summed E-state index contributed by atoms with van der Waals surface area (Å²) < 4.78 is 20.2. The summed E-state index contributed by atoms with van der Waals surface area (Å²) in [5.74, 6) is 0.258. The molecule has 8 heteroatoms. The molecule has 2 fully saturated rings. The monoisotopic (exact) mass is 468 g/mol. The van der Waals surface area contributed by atoms with E-state index < -0.39 is 0 Å². The van der Waals surface area contributed by atoms with Gasteiger partial charge in [0.15, 0.2) is 0 Å². The van der Waals surface area contributed by atoms with Crippen LogP contribution in [-0.4, -0.2) is 40.0 Å². The Bertz CT molecular complexity index is 1190. The average molecular weight is 469 g/mol. The van der Waals surface area contributed by atoms with Gasteiger partial charge in [-0.2, -0.15) is 0 Å². The van der Waals surface area contributed by atoms with Gasteiger partial charge in [0.25, 0.3) is 0 Å². The van der Waals surface area contributed by atoms with Gasteiger partial charge in [0.1, 0.15) is 17.7 Å². The highest BCUT2D eigenvalue weighted by Gasteiger charge is 2.45. The number of carbonyl (C=O) groups is 1. The van der Waals surface area contributed by atoms with E-state index in [0.717, 1.165) is 25.7 Å². The second-order valence-electron chi connectivity index (χ2n) is 8.91. The highest BCUT2D eigenvalue weighted by molar-refractivity contribution is 6.31. The largest absolute Gasteiger partial charge is 0.490 e. The third-order valence-corrected chi connectivity index (χ3v) is 7.04. The highest BCUT2D eigenvalue weighted by Crippen LogP contribution is 2.40. The van der Waals surface area contributed by atoms with Gasteiger partial charge in [-0.25, -0.2) is 4.39 Å². The summed E-state index contributed by atoms with van der Waals surface area (Å²) in [6.45, 7) is 1.94. The number of nitrogens with one attached hydrogen (secondary N) is 1. The van der Waals surface area contributed by atoms with Crippen LogP contribution in [0.4, 0.5) is 15.8 Å². The minimum Gasteiger partial charge on any atom is -0.490 e. The number of nitrogen functional groups attached to an aromatic ring is 1. The number of hydrogen-bond donors (Lipinski definition) is 2. The Kier molecular flexibility index (Phi) is 5.85. The summed E-state index contributed by atoms with van der Waals surface area (Å²) in [6.07, 6.45) is 5.38. The molecule has 3 N–H and O–H groups in total. The molecule has 2 aliphatic rings. The molecule has 33 heavy (non-hydrogen) atoms. The van der Waals surface area contributed by atoms with E-state index in [-0.39, 0.29) is 36.0 Å². The van der Waals surface area contributed by atoms with E-state index in [1.165, 1.54) is 12.1 Å². The summed E-state index contributed by atoms with van der Waals surface area (Å²) in [7, 11) is 0. The maximum absolute atomic E-state index is 13.8. The molecule has 1 amide bonds. The Morgan fingerprint density at radius 1 is 1.21 bits per heavy atom. The molecule has 1 aromatic heterocycles. The Morgan fingerprint density at radius 3 is 2.70 bits per heavy atom. The zero-order chi connectivity index (χ0) is 23.1. The number of nitrogens with two attached hydrogens (primary N) is 1. The second kappa shape index (κ2) is 8.80. The summed E-state index contributed by atoms with van der Waals surface area (Å²) in [4.78, 5) is 19.6. The molecule has 0 spiro atoms. The number of pyridine rings is 1. The number of carbonyl (C=O) groups excluding carboxylic acids is 1. The average Bonchev–Trinajstić information content (AvgIpc) is 3.05. The summed E-state index contributed by atoms with van der Waals surface area (Å²) >= 11 is 5.96. The summed E-state index contributed by atoms with van der Waals surface area (Å²) in [5.41, 5.74) is 7.72. The number of fused-ring (bicyclic) bond motifs is 3. The topological polar surface area (TPSA) is 80.5 Å². The molecule has 2 bridgehead atoms. The lowest BCUT2D eigenvalue weighted by Crippen LogP contribution is -2.53. The molecule has 3 aromatic rings. The van der Waals surface area contributed by atoms with Gasteiger partial charge in [-0.3, -0.25) is 14.7 Å². The van der Waals surface area contributed by atoms with Crippen LogP contribution in [0.1, 0.15) is 32.6 Å². The third kappa shape index (κ3) is 4.35. The number of piperidine rings is 1. The maximum atomic E-state index is 13.8. The number of nitrogens with zero attached hydrogens (tertiary/aromatic N) is 2. The first-order valence-electron chi connectivity index (χ1n) is 11.2. The normalized spacial score (nSPS) is 23.4. The molecule has 172 valence electrons. The Labute approximate surface area is 196 Å². The Hall–Kier alpha value is -2.90. The minimum absolute atomic E-state index is 0.00906. The number of aromatic nitrogens is 1.